The zero-order valence-electron chi connectivity index (χ0n) is 13.8. The van der Waals surface area contributed by atoms with Crippen molar-refractivity contribution in [2.45, 2.75) is 12.6 Å². The number of para-hydroxylation sites is 1. The zero-order valence-corrected chi connectivity index (χ0v) is 14.6. The number of halogens is 3. The number of rotatable bonds is 5. The molecule has 1 aromatic heterocycles. The van der Waals surface area contributed by atoms with E-state index in [2.05, 4.69) is 15.0 Å². The molecular weight excluding hydrogens is 389 g/mol. The molecule has 3 rings (SSSR count). The topological polar surface area (TPSA) is 105 Å². The zero-order chi connectivity index (χ0) is 19.7. The first-order chi connectivity index (χ1) is 12.7. The number of sulfonamides is 1. The van der Waals surface area contributed by atoms with Gasteiger partial charge in [0.1, 0.15) is 0 Å². The summed E-state index contributed by atoms with van der Waals surface area (Å²) in [6, 6.07) is 6.75. The Morgan fingerprint density at radius 3 is 2.74 bits per heavy atom. The van der Waals surface area contributed by atoms with Crippen LogP contribution < -0.4 is 14.9 Å². The Labute approximate surface area is 152 Å². The summed E-state index contributed by atoms with van der Waals surface area (Å²) in [4.78, 5) is 11.7. The number of carbonyl (C=O) groups is 1. The number of benzene rings is 1. The Bertz CT molecular complexity index is 943. The molecule has 0 aliphatic carbocycles. The number of nitrogens with one attached hydrogen (secondary N) is 2. The maximum Gasteiger partial charge on any atom is 0.436 e. The van der Waals surface area contributed by atoms with Crippen LogP contribution in [0.15, 0.2) is 34.9 Å². The second-order valence-electron chi connectivity index (χ2n) is 5.72. The number of amides is 2. The van der Waals surface area contributed by atoms with E-state index < -0.39 is 33.8 Å². The van der Waals surface area contributed by atoms with Gasteiger partial charge in [-0.2, -0.15) is 13.2 Å². The van der Waals surface area contributed by atoms with Crippen LogP contribution in [0, 0.1) is 0 Å². The molecule has 0 atom stereocenters. The van der Waals surface area contributed by atoms with Crippen LogP contribution in [0.1, 0.15) is 11.3 Å². The first-order valence-electron chi connectivity index (χ1n) is 7.84. The van der Waals surface area contributed by atoms with Crippen molar-refractivity contribution in [2.75, 3.05) is 28.5 Å². The highest BCUT2D eigenvalue weighted by Crippen LogP contribution is 2.30. The smallest absolute Gasteiger partial charge is 0.338 e. The number of hydrogen-bond acceptors (Lipinski definition) is 5. The molecule has 1 aliphatic rings. The second-order valence-corrected chi connectivity index (χ2v) is 7.73. The van der Waals surface area contributed by atoms with Gasteiger partial charge in [-0.3, -0.25) is 9.62 Å². The van der Waals surface area contributed by atoms with Gasteiger partial charge in [-0.15, -0.1) is 0 Å². The Hall–Kier alpha value is -2.76. The van der Waals surface area contributed by atoms with E-state index in [1.807, 2.05) is 17.4 Å². The average Bonchev–Trinajstić information content (AvgIpc) is 3.21. The third-order valence-corrected chi connectivity index (χ3v) is 5.63. The molecule has 0 unspecified atom stereocenters. The molecule has 1 aromatic carbocycles. The number of nitrogens with zero attached hydrogens (tertiary/aromatic N) is 2. The van der Waals surface area contributed by atoms with E-state index in [0.29, 0.717) is 24.7 Å². The van der Waals surface area contributed by atoms with Gasteiger partial charge >= 0.3 is 12.2 Å². The number of alkyl halides is 3. The number of hydrogen-bond donors (Lipinski definition) is 2. The maximum atomic E-state index is 12.4. The third kappa shape index (κ3) is 4.32. The van der Waals surface area contributed by atoms with Crippen LogP contribution in [-0.4, -0.2) is 38.4 Å². The lowest BCUT2D eigenvalue weighted by atomic mass is 10.2. The second kappa shape index (κ2) is 7.10. The van der Waals surface area contributed by atoms with Gasteiger partial charge in [0.15, 0.2) is 5.69 Å². The van der Waals surface area contributed by atoms with Crippen molar-refractivity contribution in [1.82, 2.24) is 10.5 Å². The Kier molecular flexibility index (Phi) is 5.00. The molecule has 2 aromatic rings. The lowest BCUT2D eigenvalue weighted by Gasteiger charge is -2.19. The molecule has 1 aliphatic heterocycles. The van der Waals surface area contributed by atoms with E-state index in [9.17, 15) is 26.4 Å². The summed E-state index contributed by atoms with van der Waals surface area (Å²) in [5.41, 5.74) is 0.258. The predicted molar refractivity (Wildman–Crippen MR) is 89.8 cm³/mol. The summed E-state index contributed by atoms with van der Waals surface area (Å²) < 4.78 is 67.8. The largest absolute Gasteiger partial charge is 0.436 e. The molecule has 0 fully saturated rings. The first kappa shape index (κ1) is 19.0. The van der Waals surface area contributed by atoms with Crippen molar-refractivity contribution >= 4 is 27.6 Å². The summed E-state index contributed by atoms with van der Waals surface area (Å²) in [7, 11) is -3.65. The quantitative estimate of drug-likeness (QED) is 0.795. The molecule has 2 heterocycles. The summed E-state index contributed by atoms with van der Waals surface area (Å²) in [6.45, 7) is 0.0965. The fraction of sp³-hybridized carbons (Fsp3) is 0.333. The van der Waals surface area contributed by atoms with E-state index >= 15 is 0 Å². The number of urea groups is 1. The monoisotopic (exact) mass is 404 g/mol. The van der Waals surface area contributed by atoms with Crippen molar-refractivity contribution in [3.63, 3.8) is 0 Å². The van der Waals surface area contributed by atoms with Gasteiger partial charge in [-0.25, -0.2) is 13.2 Å². The summed E-state index contributed by atoms with van der Waals surface area (Å²) in [6.07, 6.45) is -4.09. The molecule has 0 spiro atoms. The number of aromatic nitrogens is 1. The Morgan fingerprint density at radius 2 is 2.04 bits per heavy atom. The fourth-order valence-corrected chi connectivity index (χ4v) is 4.05. The highest BCUT2D eigenvalue weighted by molar-refractivity contribution is 7.92. The molecule has 0 saturated carbocycles. The highest BCUT2D eigenvalue weighted by atomic mass is 32.2. The van der Waals surface area contributed by atoms with E-state index in [0.717, 1.165) is 5.56 Å². The van der Waals surface area contributed by atoms with Gasteiger partial charge in [0.25, 0.3) is 0 Å². The number of fused-ring (bicyclic) bond motifs is 1. The summed E-state index contributed by atoms with van der Waals surface area (Å²) in [5.74, 6) is -0.866. The lowest BCUT2D eigenvalue weighted by molar-refractivity contribution is -0.142. The SMILES string of the molecule is O=C(NCCS(=O)(=O)N1CCc2ccccc21)Nc1cc(C(F)(F)F)no1. The van der Waals surface area contributed by atoms with Crippen molar-refractivity contribution in [1.29, 1.82) is 0 Å². The van der Waals surface area contributed by atoms with Crippen LogP contribution in [0.4, 0.5) is 29.5 Å². The molecule has 2 N–H and O–H groups in total. The molecule has 27 heavy (non-hydrogen) atoms. The van der Waals surface area contributed by atoms with Crippen LogP contribution in [0.25, 0.3) is 0 Å². The Balaban J connectivity index is 1.52. The van der Waals surface area contributed by atoms with Gasteiger partial charge in [-0.1, -0.05) is 23.4 Å². The Morgan fingerprint density at radius 1 is 1.30 bits per heavy atom. The minimum atomic E-state index is -4.69. The van der Waals surface area contributed by atoms with Crippen molar-refractivity contribution < 1.29 is 30.9 Å². The molecule has 0 radical (unpaired) electrons. The van der Waals surface area contributed by atoms with E-state index in [4.69, 9.17) is 0 Å². The van der Waals surface area contributed by atoms with Gasteiger partial charge < -0.3 is 9.84 Å². The van der Waals surface area contributed by atoms with E-state index in [1.54, 1.807) is 12.1 Å². The molecule has 12 heteroatoms. The van der Waals surface area contributed by atoms with Crippen LogP contribution in [0.3, 0.4) is 0 Å². The van der Waals surface area contributed by atoms with Crippen molar-refractivity contribution in [3.8, 4) is 0 Å². The van der Waals surface area contributed by atoms with E-state index in [1.165, 1.54) is 4.31 Å². The minimum absolute atomic E-state index is 0.229. The number of carbonyl (C=O) groups excluding carboxylic acids is 1. The molecular formula is C15H15F3N4O4S. The third-order valence-electron chi connectivity index (χ3n) is 3.86. The predicted octanol–water partition coefficient (Wildman–Crippen LogP) is 2.21. The summed E-state index contributed by atoms with van der Waals surface area (Å²) in [5, 5.41) is 7.06. The van der Waals surface area contributed by atoms with Crippen molar-refractivity contribution in [2.24, 2.45) is 0 Å². The molecule has 0 bridgehead atoms. The minimum Gasteiger partial charge on any atom is -0.338 e. The summed E-state index contributed by atoms with van der Waals surface area (Å²) >= 11 is 0. The van der Waals surface area contributed by atoms with Crippen LogP contribution in [-0.2, 0) is 22.6 Å². The van der Waals surface area contributed by atoms with Gasteiger partial charge in [-0.05, 0) is 18.1 Å². The van der Waals surface area contributed by atoms with Crippen LogP contribution in [0.2, 0.25) is 0 Å². The number of anilines is 2. The molecule has 2 amide bonds. The van der Waals surface area contributed by atoms with Crippen molar-refractivity contribution in [3.05, 3.63) is 41.6 Å². The van der Waals surface area contributed by atoms with Crippen LogP contribution >= 0.6 is 0 Å². The molecule has 0 saturated heterocycles. The fourth-order valence-electron chi connectivity index (χ4n) is 2.62. The van der Waals surface area contributed by atoms with Gasteiger partial charge in [0, 0.05) is 19.2 Å². The normalized spacial score (nSPS) is 14.1. The van der Waals surface area contributed by atoms with E-state index in [-0.39, 0.29) is 12.3 Å². The molecule has 146 valence electrons. The maximum absolute atomic E-state index is 12.4. The molecule has 8 nitrogen and oxygen atoms in total. The van der Waals surface area contributed by atoms with Gasteiger partial charge in [0.05, 0.1) is 11.4 Å². The lowest BCUT2D eigenvalue weighted by Crippen LogP contribution is -2.38. The van der Waals surface area contributed by atoms with Crippen LogP contribution in [0.5, 0.6) is 0 Å². The average molecular weight is 404 g/mol. The standard InChI is InChI=1S/C15H15F3N4O4S/c16-15(17,18)12-9-13(26-21-12)20-14(23)19-6-8-27(24,25)22-7-5-10-3-1-2-4-11(10)22/h1-4,9H,5-8H2,(H2,19,20,23). The van der Waals surface area contributed by atoms with Gasteiger partial charge in [0.2, 0.25) is 15.9 Å². The highest BCUT2D eigenvalue weighted by Gasteiger charge is 2.35. The first-order valence-corrected chi connectivity index (χ1v) is 9.45.